The number of carbonyl (C=O) groups excluding carboxylic acids is 1. The molecule has 4 nitrogen and oxygen atoms in total. The summed E-state index contributed by atoms with van der Waals surface area (Å²) in [5, 5.41) is 2.95. The molecule has 0 unspecified atom stereocenters. The number of sulfone groups is 1. The van der Waals surface area contributed by atoms with Gasteiger partial charge in [0.25, 0.3) is 0 Å². The van der Waals surface area contributed by atoms with Crippen LogP contribution in [0.5, 0.6) is 0 Å². The number of rotatable bonds is 5. The van der Waals surface area contributed by atoms with Gasteiger partial charge in [0.1, 0.15) is 0 Å². The molecule has 1 aliphatic rings. The van der Waals surface area contributed by atoms with Gasteiger partial charge in [-0.05, 0) is 24.5 Å². The van der Waals surface area contributed by atoms with E-state index < -0.39 is 9.84 Å². The van der Waals surface area contributed by atoms with E-state index in [1.807, 2.05) is 31.2 Å². The highest BCUT2D eigenvalue weighted by Gasteiger charge is 2.28. The Labute approximate surface area is 124 Å². The number of amides is 1. The minimum atomic E-state index is -2.86. The average molecular weight is 313 g/mol. The summed E-state index contributed by atoms with van der Waals surface area (Å²) in [5.41, 5.74) is 2.26. The van der Waals surface area contributed by atoms with Gasteiger partial charge in [0.05, 0.1) is 17.3 Å². The highest BCUT2D eigenvalue weighted by atomic mass is 32.2. The molecular weight excluding hydrogens is 294 g/mol. The van der Waals surface area contributed by atoms with Crippen molar-refractivity contribution < 1.29 is 13.2 Å². The van der Waals surface area contributed by atoms with Gasteiger partial charge in [0, 0.05) is 11.8 Å². The Hall–Kier alpha value is -1.01. The third kappa shape index (κ3) is 4.52. The van der Waals surface area contributed by atoms with Gasteiger partial charge in [0.2, 0.25) is 5.91 Å². The van der Waals surface area contributed by atoms with Crippen molar-refractivity contribution in [2.75, 3.05) is 17.3 Å². The summed E-state index contributed by atoms with van der Waals surface area (Å²) in [6.07, 6.45) is 0.665. The summed E-state index contributed by atoms with van der Waals surface area (Å²) >= 11 is 1.44. The monoisotopic (exact) mass is 313 g/mol. The molecule has 0 radical (unpaired) electrons. The van der Waals surface area contributed by atoms with Crippen molar-refractivity contribution in [3.63, 3.8) is 0 Å². The maximum atomic E-state index is 11.8. The molecule has 1 fully saturated rings. The molecule has 1 N–H and O–H groups in total. The van der Waals surface area contributed by atoms with Crippen LogP contribution in [0.1, 0.15) is 17.5 Å². The van der Waals surface area contributed by atoms with Gasteiger partial charge < -0.3 is 5.32 Å². The molecule has 1 heterocycles. The van der Waals surface area contributed by atoms with Crippen LogP contribution in [-0.4, -0.2) is 36.8 Å². The molecule has 6 heteroatoms. The van der Waals surface area contributed by atoms with E-state index in [9.17, 15) is 13.2 Å². The molecule has 1 aliphatic heterocycles. The fourth-order valence-corrected chi connectivity index (χ4v) is 5.61. The molecule has 20 heavy (non-hydrogen) atoms. The van der Waals surface area contributed by atoms with E-state index in [-0.39, 0.29) is 22.7 Å². The lowest BCUT2D eigenvalue weighted by atomic mass is 10.1. The SMILES string of the molecule is Cc1ccccc1CNC(=O)CS[C@H]1CCS(=O)(=O)C1. The Balaban J connectivity index is 1.73. The number of benzene rings is 1. The third-order valence-corrected chi connectivity index (χ3v) is 6.66. The fourth-order valence-electron chi connectivity index (χ4n) is 2.14. The Morgan fingerprint density at radius 3 is 2.80 bits per heavy atom. The molecule has 1 amide bonds. The molecule has 0 bridgehead atoms. The predicted octanol–water partition coefficient (Wildman–Crippen LogP) is 1.53. The molecule has 0 aliphatic carbocycles. The summed E-state index contributed by atoms with van der Waals surface area (Å²) < 4.78 is 22.6. The standard InChI is InChI=1S/C14H19NO3S2/c1-11-4-2-3-5-12(11)8-15-14(16)9-19-13-6-7-20(17,18)10-13/h2-5,13H,6-10H2,1H3,(H,15,16)/t13-/m0/s1. The number of thioether (sulfide) groups is 1. The Morgan fingerprint density at radius 2 is 2.15 bits per heavy atom. The van der Waals surface area contributed by atoms with Gasteiger partial charge in [-0.2, -0.15) is 0 Å². The third-order valence-electron chi connectivity index (χ3n) is 3.38. The first-order valence-electron chi connectivity index (χ1n) is 6.59. The van der Waals surface area contributed by atoms with Crippen molar-refractivity contribution in [3.8, 4) is 0 Å². The summed E-state index contributed by atoms with van der Waals surface area (Å²) in [6, 6.07) is 7.93. The molecular formula is C14H19NO3S2. The van der Waals surface area contributed by atoms with Crippen LogP contribution in [0.2, 0.25) is 0 Å². The quantitative estimate of drug-likeness (QED) is 0.895. The first-order valence-corrected chi connectivity index (χ1v) is 9.46. The van der Waals surface area contributed by atoms with Crippen LogP contribution in [-0.2, 0) is 21.2 Å². The summed E-state index contributed by atoms with van der Waals surface area (Å²) in [7, 11) is -2.86. The van der Waals surface area contributed by atoms with Gasteiger partial charge in [-0.3, -0.25) is 4.79 Å². The van der Waals surface area contributed by atoms with E-state index in [1.54, 1.807) is 0 Å². The van der Waals surface area contributed by atoms with Gasteiger partial charge in [0.15, 0.2) is 9.84 Å². The first-order chi connectivity index (χ1) is 9.46. The molecule has 1 aromatic rings. The van der Waals surface area contributed by atoms with E-state index >= 15 is 0 Å². The van der Waals surface area contributed by atoms with Gasteiger partial charge in [-0.25, -0.2) is 8.42 Å². The lowest BCUT2D eigenvalue weighted by Gasteiger charge is -2.09. The van der Waals surface area contributed by atoms with E-state index in [2.05, 4.69) is 5.32 Å². The topological polar surface area (TPSA) is 63.2 Å². The molecule has 1 aromatic carbocycles. The second-order valence-electron chi connectivity index (χ2n) is 5.04. The van der Waals surface area contributed by atoms with E-state index in [1.165, 1.54) is 11.8 Å². The predicted molar refractivity (Wildman–Crippen MR) is 82.5 cm³/mol. The van der Waals surface area contributed by atoms with Crippen LogP contribution >= 0.6 is 11.8 Å². The highest BCUT2D eigenvalue weighted by Crippen LogP contribution is 2.23. The maximum Gasteiger partial charge on any atom is 0.230 e. The molecule has 0 saturated carbocycles. The highest BCUT2D eigenvalue weighted by molar-refractivity contribution is 8.02. The number of nitrogens with one attached hydrogen (secondary N) is 1. The van der Waals surface area contributed by atoms with Crippen LogP contribution in [0, 0.1) is 6.92 Å². The van der Waals surface area contributed by atoms with Crippen molar-refractivity contribution >= 4 is 27.5 Å². The summed E-state index contributed by atoms with van der Waals surface area (Å²) in [5.74, 6) is 0.757. The smallest absolute Gasteiger partial charge is 0.230 e. The van der Waals surface area contributed by atoms with Crippen LogP contribution < -0.4 is 5.32 Å². The van der Waals surface area contributed by atoms with Crippen LogP contribution in [0.15, 0.2) is 24.3 Å². The molecule has 1 saturated heterocycles. The van der Waals surface area contributed by atoms with E-state index in [0.717, 1.165) is 11.1 Å². The van der Waals surface area contributed by atoms with Crippen molar-refractivity contribution in [2.45, 2.75) is 25.1 Å². The molecule has 0 spiro atoms. The van der Waals surface area contributed by atoms with Crippen molar-refractivity contribution in [1.82, 2.24) is 5.32 Å². The Morgan fingerprint density at radius 1 is 1.40 bits per heavy atom. The second kappa shape index (κ2) is 6.63. The van der Waals surface area contributed by atoms with Crippen LogP contribution in [0.4, 0.5) is 0 Å². The zero-order valence-electron chi connectivity index (χ0n) is 11.5. The zero-order chi connectivity index (χ0) is 14.6. The number of aryl methyl sites for hydroxylation is 1. The average Bonchev–Trinajstić information content (AvgIpc) is 2.75. The van der Waals surface area contributed by atoms with E-state index in [4.69, 9.17) is 0 Å². The lowest BCUT2D eigenvalue weighted by Crippen LogP contribution is -2.26. The molecule has 0 aromatic heterocycles. The summed E-state index contributed by atoms with van der Waals surface area (Å²) in [6.45, 7) is 2.54. The maximum absolute atomic E-state index is 11.8. The second-order valence-corrected chi connectivity index (χ2v) is 8.56. The minimum absolute atomic E-state index is 0.0393. The molecule has 1 atom stereocenters. The number of carbonyl (C=O) groups is 1. The van der Waals surface area contributed by atoms with E-state index in [0.29, 0.717) is 18.7 Å². The number of hydrogen-bond acceptors (Lipinski definition) is 4. The van der Waals surface area contributed by atoms with Crippen LogP contribution in [0.25, 0.3) is 0 Å². The number of hydrogen-bond donors (Lipinski definition) is 1. The zero-order valence-corrected chi connectivity index (χ0v) is 13.1. The largest absolute Gasteiger partial charge is 0.351 e. The molecule has 2 rings (SSSR count). The van der Waals surface area contributed by atoms with Crippen molar-refractivity contribution in [2.24, 2.45) is 0 Å². The van der Waals surface area contributed by atoms with Gasteiger partial charge >= 0.3 is 0 Å². The molecule has 110 valence electrons. The first kappa shape index (κ1) is 15.4. The fraction of sp³-hybridized carbons (Fsp3) is 0.500. The van der Waals surface area contributed by atoms with Crippen molar-refractivity contribution in [3.05, 3.63) is 35.4 Å². The van der Waals surface area contributed by atoms with Crippen molar-refractivity contribution in [1.29, 1.82) is 0 Å². The van der Waals surface area contributed by atoms with Gasteiger partial charge in [-0.1, -0.05) is 24.3 Å². The normalized spacial score (nSPS) is 20.8. The Bertz CT molecular complexity index is 584. The summed E-state index contributed by atoms with van der Waals surface area (Å²) in [4.78, 5) is 11.8. The Kier molecular flexibility index (Phi) is 5.10. The minimum Gasteiger partial charge on any atom is -0.351 e. The van der Waals surface area contributed by atoms with Gasteiger partial charge in [-0.15, -0.1) is 11.8 Å². The van der Waals surface area contributed by atoms with Crippen LogP contribution in [0.3, 0.4) is 0 Å². The lowest BCUT2D eigenvalue weighted by molar-refractivity contribution is -0.118.